The first kappa shape index (κ1) is 14.3. The quantitative estimate of drug-likeness (QED) is 0.643. The van der Waals surface area contributed by atoms with Gasteiger partial charge in [0.25, 0.3) is 0 Å². The summed E-state index contributed by atoms with van der Waals surface area (Å²) in [6, 6.07) is 0. The Morgan fingerprint density at radius 3 is 1.88 bits per heavy atom. The highest BCUT2D eigenvalue weighted by Crippen LogP contribution is 2.42. The van der Waals surface area contributed by atoms with Crippen molar-refractivity contribution in [1.82, 2.24) is 4.90 Å². The summed E-state index contributed by atoms with van der Waals surface area (Å²) in [5.74, 6) is 0.445. The second-order valence-electron chi connectivity index (χ2n) is 7.37. The van der Waals surface area contributed by atoms with Gasteiger partial charge in [-0.2, -0.15) is 0 Å². The number of ketones is 1. The van der Waals surface area contributed by atoms with Crippen LogP contribution in [0.3, 0.4) is 0 Å². The zero-order valence-corrected chi connectivity index (χ0v) is 12.6. The van der Waals surface area contributed by atoms with Gasteiger partial charge in [0.1, 0.15) is 0 Å². The molecule has 1 aliphatic rings. The number of hydrogen-bond acceptors (Lipinski definition) is 2. The number of carbonyl (C=O) groups is 1. The molecule has 0 saturated carbocycles. The largest absolute Gasteiger partial charge is 0.376 e. The third-order valence-corrected chi connectivity index (χ3v) is 3.32. The van der Waals surface area contributed by atoms with Crippen LogP contribution in [0.4, 0.5) is 0 Å². The van der Waals surface area contributed by atoms with E-state index in [9.17, 15) is 4.79 Å². The zero-order chi connectivity index (χ0) is 13.6. The third-order valence-electron chi connectivity index (χ3n) is 3.32. The van der Waals surface area contributed by atoms with E-state index >= 15 is 0 Å². The van der Waals surface area contributed by atoms with Crippen LogP contribution in [0.25, 0.3) is 0 Å². The van der Waals surface area contributed by atoms with Gasteiger partial charge in [-0.25, -0.2) is 0 Å². The SMILES string of the molecule is CC1CN(C)C(C(C)(C)C)=C(C(C)(C)C)C1=O. The highest BCUT2D eigenvalue weighted by atomic mass is 16.1. The summed E-state index contributed by atoms with van der Waals surface area (Å²) in [5, 5.41) is 0. The molecule has 2 heteroatoms. The monoisotopic (exact) mass is 237 g/mol. The molecule has 1 unspecified atom stereocenters. The lowest BCUT2D eigenvalue weighted by Gasteiger charge is -2.43. The smallest absolute Gasteiger partial charge is 0.165 e. The van der Waals surface area contributed by atoms with E-state index in [4.69, 9.17) is 0 Å². The number of allylic oxidation sites excluding steroid dienone is 2. The fraction of sp³-hybridized carbons (Fsp3) is 0.800. The predicted molar refractivity (Wildman–Crippen MR) is 72.7 cm³/mol. The van der Waals surface area contributed by atoms with Crippen LogP contribution in [0, 0.1) is 16.7 Å². The summed E-state index contributed by atoms with van der Waals surface area (Å²) in [6.45, 7) is 15.8. The third kappa shape index (κ3) is 2.72. The lowest BCUT2D eigenvalue weighted by molar-refractivity contribution is -0.121. The molecule has 2 nitrogen and oxygen atoms in total. The molecule has 0 fully saturated rings. The lowest BCUT2D eigenvalue weighted by atomic mass is 9.72. The van der Waals surface area contributed by atoms with E-state index in [-0.39, 0.29) is 16.7 Å². The van der Waals surface area contributed by atoms with Crippen molar-refractivity contribution < 1.29 is 4.79 Å². The number of nitrogens with zero attached hydrogens (tertiary/aromatic N) is 1. The summed E-state index contributed by atoms with van der Waals surface area (Å²) >= 11 is 0. The van der Waals surface area contributed by atoms with Gasteiger partial charge in [-0.15, -0.1) is 0 Å². The molecule has 0 saturated heterocycles. The van der Waals surface area contributed by atoms with Crippen LogP contribution >= 0.6 is 0 Å². The van der Waals surface area contributed by atoms with Crippen LogP contribution in [-0.2, 0) is 4.79 Å². The number of carbonyl (C=O) groups excluding carboxylic acids is 1. The molecule has 0 bridgehead atoms. The number of rotatable bonds is 0. The fourth-order valence-electron chi connectivity index (χ4n) is 2.81. The van der Waals surface area contributed by atoms with Crippen molar-refractivity contribution in [3.63, 3.8) is 0 Å². The van der Waals surface area contributed by atoms with Crippen molar-refractivity contribution in [3.05, 3.63) is 11.3 Å². The second-order valence-corrected chi connectivity index (χ2v) is 7.37. The molecule has 0 aromatic rings. The maximum atomic E-state index is 12.5. The zero-order valence-electron chi connectivity index (χ0n) is 12.6. The van der Waals surface area contributed by atoms with Gasteiger partial charge in [0.05, 0.1) is 0 Å². The Bertz CT molecular complexity index is 352. The topological polar surface area (TPSA) is 20.3 Å². The van der Waals surface area contributed by atoms with Crippen molar-refractivity contribution in [3.8, 4) is 0 Å². The minimum absolute atomic E-state index is 0.0210. The van der Waals surface area contributed by atoms with E-state index < -0.39 is 0 Å². The summed E-state index contributed by atoms with van der Waals surface area (Å²) in [5.41, 5.74) is 2.18. The second kappa shape index (κ2) is 4.15. The molecule has 0 N–H and O–H groups in total. The van der Waals surface area contributed by atoms with Crippen molar-refractivity contribution in [2.45, 2.75) is 48.5 Å². The summed E-state index contributed by atoms with van der Waals surface area (Å²) in [7, 11) is 2.11. The summed E-state index contributed by atoms with van der Waals surface area (Å²) in [4.78, 5) is 14.8. The summed E-state index contributed by atoms with van der Waals surface area (Å²) in [6.07, 6.45) is 0. The molecule has 1 rings (SSSR count). The Hall–Kier alpha value is -0.790. The average molecular weight is 237 g/mol. The molecule has 0 radical (unpaired) electrons. The molecule has 17 heavy (non-hydrogen) atoms. The van der Waals surface area contributed by atoms with Gasteiger partial charge < -0.3 is 4.90 Å². The predicted octanol–water partition coefficient (Wildman–Crippen LogP) is 3.48. The molecule has 0 aromatic heterocycles. The molecule has 98 valence electrons. The first-order chi connectivity index (χ1) is 7.46. The normalized spacial score (nSPS) is 23.4. The van der Waals surface area contributed by atoms with Crippen LogP contribution in [0.2, 0.25) is 0 Å². The minimum atomic E-state index is -0.0807. The van der Waals surface area contributed by atoms with Gasteiger partial charge in [-0.1, -0.05) is 48.5 Å². The highest BCUT2D eigenvalue weighted by molar-refractivity contribution is 5.99. The average Bonchev–Trinajstić information content (AvgIpc) is 2.06. The van der Waals surface area contributed by atoms with Crippen LogP contribution in [0.15, 0.2) is 11.3 Å². The number of hydrogen-bond donors (Lipinski definition) is 0. The summed E-state index contributed by atoms with van der Waals surface area (Å²) < 4.78 is 0. The van der Waals surface area contributed by atoms with Gasteiger partial charge >= 0.3 is 0 Å². The molecule has 0 amide bonds. The van der Waals surface area contributed by atoms with Gasteiger partial charge in [0.2, 0.25) is 0 Å². The fourth-order valence-corrected chi connectivity index (χ4v) is 2.81. The van der Waals surface area contributed by atoms with Gasteiger partial charge in [-0.05, 0) is 5.41 Å². The maximum Gasteiger partial charge on any atom is 0.165 e. The first-order valence-electron chi connectivity index (χ1n) is 6.47. The van der Waals surface area contributed by atoms with Crippen LogP contribution in [-0.4, -0.2) is 24.3 Å². The molecule has 1 aliphatic heterocycles. The van der Waals surface area contributed by atoms with E-state index in [1.807, 2.05) is 6.92 Å². The van der Waals surface area contributed by atoms with Gasteiger partial charge in [-0.3, -0.25) is 4.79 Å². The molecule has 1 heterocycles. The first-order valence-corrected chi connectivity index (χ1v) is 6.47. The molecule has 0 aromatic carbocycles. The van der Waals surface area contributed by atoms with Gasteiger partial charge in [0, 0.05) is 36.2 Å². The van der Waals surface area contributed by atoms with Crippen molar-refractivity contribution in [2.24, 2.45) is 16.7 Å². The molecular formula is C15H27NO. The van der Waals surface area contributed by atoms with E-state index in [0.29, 0.717) is 5.78 Å². The van der Waals surface area contributed by atoms with Crippen molar-refractivity contribution >= 4 is 5.78 Å². The number of Topliss-reactive ketones (excluding diaryl/α,β-unsaturated/α-hetero) is 1. The standard InChI is InChI=1S/C15H27NO/c1-10-9-16(8)13(15(5,6)7)11(12(10)17)14(2,3)4/h10H,9H2,1-8H3. The van der Waals surface area contributed by atoms with E-state index in [0.717, 1.165) is 12.1 Å². The van der Waals surface area contributed by atoms with Crippen molar-refractivity contribution in [1.29, 1.82) is 0 Å². The Balaban J connectivity index is 3.48. The minimum Gasteiger partial charge on any atom is -0.376 e. The van der Waals surface area contributed by atoms with Gasteiger partial charge in [0.15, 0.2) is 5.78 Å². The highest BCUT2D eigenvalue weighted by Gasteiger charge is 2.39. The Morgan fingerprint density at radius 2 is 1.53 bits per heavy atom. The van der Waals surface area contributed by atoms with E-state index in [1.54, 1.807) is 0 Å². The Kier molecular flexibility index (Phi) is 3.48. The van der Waals surface area contributed by atoms with Crippen molar-refractivity contribution in [2.75, 3.05) is 13.6 Å². The Labute approximate surface area is 106 Å². The van der Waals surface area contributed by atoms with Crippen LogP contribution < -0.4 is 0 Å². The van der Waals surface area contributed by atoms with E-state index in [1.165, 1.54) is 5.70 Å². The lowest BCUT2D eigenvalue weighted by Crippen LogP contribution is -2.43. The van der Waals surface area contributed by atoms with Crippen LogP contribution in [0.5, 0.6) is 0 Å². The maximum absolute atomic E-state index is 12.5. The molecule has 1 atom stereocenters. The molecule has 0 spiro atoms. The van der Waals surface area contributed by atoms with E-state index in [2.05, 4.69) is 53.5 Å². The molecular weight excluding hydrogens is 210 g/mol. The van der Waals surface area contributed by atoms with Crippen LogP contribution in [0.1, 0.15) is 48.5 Å². The Morgan fingerprint density at radius 1 is 1.06 bits per heavy atom. The molecule has 0 aliphatic carbocycles.